The van der Waals surface area contributed by atoms with Gasteiger partial charge in [-0.05, 0) is 25.8 Å². The van der Waals surface area contributed by atoms with Crippen molar-refractivity contribution in [2.75, 3.05) is 20.1 Å². The summed E-state index contributed by atoms with van der Waals surface area (Å²) in [6.07, 6.45) is 7.78. The third-order valence-corrected chi connectivity index (χ3v) is 4.30. The lowest BCUT2D eigenvalue weighted by Crippen LogP contribution is -2.50. The molecule has 0 bridgehead atoms. The molecule has 1 N–H and O–H groups in total. The number of imidazole rings is 1. The fourth-order valence-electron chi connectivity index (χ4n) is 3.19. The summed E-state index contributed by atoms with van der Waals surface area (Å²) in [5.74, 6) is 1.19. The monoisotopic (exact) mass is 278 g/mol. The van der Waals surface area contributed by atoms with Crippen molar-refractivity contribution in [1.82, 2.24) is 19.8 Å². The molecular formula is C15H26N4O. The number of carbonyl (C=O) groups excluding carboxylic acids is 1. The van der Waals surface area contributed by atoms with Crippen LogP contribution < -0.4 is 5.32 Å². The standard InChI is InChI=1S/C15H26N4O/c1-4-6-15(7-5-8-16-12-15)14(20)19(3)11-13-17-9-10-18(13)2/h9-10,16H,4-8,11-12H2,1-3H3. The summed E-state index contributed by atoms with van der Waals surface area (Å²) >= 11 is 0. The summed E-state index contributed by atoms with van der Waals surface area (Å²) in [4.78, 5) is 19.0. The smallest absolute Gasteiger partial charge is 0.230 e. The maximum Gasteiger partial charge on any atom is 0.230 e. The number of carbonyl (C=O) groups is 1. The number of nitrogens with zero attached hydrogens (tertiary/aromatic N) is 3. The molecule has 0 aromatic carbocycles. The predicted molar refractivity (Wildman–Crippen MR) is 79.1 cm³/mol. The van der Waals surface area contributed by atoms with E-state index in [9.17, 15) is 4.79 Å². The minimum atomic E-state index is -0.215. The van der Waals surface area contributed by atoms with Gasteiger partial charge >= 0.3 is 0 Å². The Morgan fingerprint density at radius 2 is 2.40 bits per heavy atom. The van der Waals surface area contributed by atoms with E-state index < -0.39 is 0 Å². The van der Waals surface area contributed by atoms with Crippen molar-refractivity contribution in [3.63, 3.8) is 0 Å². The summed E-state index contributed by atoms with van der Waals surface area (Å²) in [7, 11) is 3.85. The van der Waals surface area contributed by atoms with Crippen molar-refractivity contribution < 1.29 is 4.79 Å². The molecule has 1 saturated heterocycles. The summed E-state index contributed by atoms with van der Waals surface area (Å²) in [6.45, 7) is 4.57. The highest BCUT2D eigenvalue weighted by molar-refractivity contribution is 5.82. The molecule has 20 heavy (non-hydrogen) atoms. The summed E-state index contributed by atoms with van der Waals surface area (Å²) in [5, 5.41) is 3.40. The normalized spacial score (nSPS) is 22.8. The van der Waals surface area contributed by atoms with E-state index in [4.69, 9.17) is 0 Å². The van der Waals surface area contributed by atoms with Crippen LogP contribution in [0, 0.1) is 5.41 Å². The molecule has 1 aliphatic rings. The molecule has 0 aliphatic carbocycles. The van der Waals surface area contributed by atoms with Crippen molar-refractivity contribution >= 4 is 5.91 Å². The van der Waals surface area contributed by atoms with E-state index in [2.05, 4.69) is 17.2 Å². The zero-order chi connectivity index (χ0) is 14.6. The molecule has 2 heterocycles. The van der Waals surface area contributed by atoms with Crippen molar-refractivity contribution in [2.45, 2.75) is 39.2 Å². The third kappa shape index (κ3) is 3.03. The Balaban J connectivity index is 2.08. The molecule has 1 amide bonds. The second-order valence-corrected chi connectivity index (χ2v) is 5.93. The van der Waals surface area contributed by atoms with Gasteiger partial charge in [0.15, 0.2) is 0 Å². The van der Waals surface area contributed by atoms with E-state index in [0.717, 1.165) is 44.6 Å². The number of nitrogens with one attached hydrogen (secondary N) is 1. The zero-order valence-corrected chi connectivity index (χ0v) is 12.9. The highest BCUT2D eigenvalue weighted by atomic mass is 16.2. The highest BCUT2D eigenvalue weighted by Crippen LogP contribution is 2.33. The molecule has 1 aromatic heterocycles. The maximum atomic E-state index is 12.9. The first-order valence-electron chi connectivity index (χ1n) is 7.51. The molecular weight excluding hydrogens is 252 g/mol. The molecule has 112 valence electrons. The van der Waals surface area contributed by atoms with E-state index >= 15 is 0 Å². The number of aryl methyl sites for hydroxylation is 1. The van der Waals surface area contributed by atoms with Crippen LogP contribution in [0.4, 0.5) is 0 Å². The van der Waals surface area contributed by atoms with Gasteiger partial charge < -0.3 is 14.8 Å². The predicted octanol–water partition coefficient (Wildman–Crippen LogP) is 1.55. The lowest BCUT2D eigenvalue weighted by molar-refractivity contribution is -0.143. The molecule has 1 aliphatic heterocycles. The highest BCUT2D eigenvalue weighted by Gasteiger charge is 2.40. The van der Waals surface area contributed by atoms with E-state index in [1.165, 1.54) is 0 Å². The Bertz CT molecular complexity index is 443. The van der Waals surface area contributed by atoms with Gasteiger partial charge in [0.2, 0.25) is 5.91 Å². The number of aromatic nitrogens is 2. The zero-order valence-electron chi connectivity index (χ0n) is 12.9. The first kappa shape index (κ1) is 15.0. The minimum Gasteiger partial charge on any atom is -0.338 e. The topological polar surface area (TPSA) is 50.2 Å². The van der Waals surface area contributed by atoms with Crippen LogP contribution in [0.15, 0.2) is 12.4 Å². The number of hydrogen-bond acceptors (Lipinski definition) is 3. The second kappa shape index (κ2) is 6.39. The van der Waals surface area contributed by atoms with Gasteiger partial charge in [0.1, 0.15) is 5.82 Å². The SMILES string of the molecule is CCCC1(C(=O)N(C)Cc2nccn2C)CCCNC1. The number of piperidine rings is 1. The van der Waals surface area contributed by atoms with Crippen LogP contribution in [0.5, 0.6) is 0 Å². The van der Waals surface area contributed by atoms with Crippen LogP contribution in [0.25, 0.3) is 0 Å². The lowest BCUT2D eigenvalue weighted by Gasteiger charge is -2.39. The summed E-state index contributed by atoms with van der Waals surface area (Å²) < 4.78 is 1.97. The van der Waals surface area contributed by atoms with Gasteiger partial charge in [-0.15, -0.1) is 0 Å². The quantitative estimate of drug-likeness (QED) is 0.889. The Hall–Kier alpha value is -1.36. The Labute approximate surface area is 121 Å². The van der Waals surface area contributed by atoms with E-state index in [1.54, 1.807) is 6.20 Å². The van der Waals surface area contributed by atoms with Crippen LogP contribution in [-0.2, 0) is 18.4 Å². The van der Waals surface area contributed by atoms with Gasteiger partial charge in [0, 0.05) is 33.0 Å². The first-order chi connectivity index (χ1) is 9.59. The first-order valence-corrected chi connectivity index (χ1v) is 7.51. The number of hydrogen-bond donors (Lipinski definition) is 1. The van der Waals surface area contributed by atoms with E-state index in [-0.39, 0.29) is 11.3 Å². The van der Waals surface area contributed by atoms with Gasteiger partial charge in [-0.1, -0.05) is 13.3 Å². The van der Waals surface area contributed by atoms with Crippen LogP contribution >= 0.6 is 0 Å². The molecule has 1 fully saturated rings. The average molecular weight is 278 g/mol. The van der Waals surface area contributed by atoms with Crippen molar-refractivity contribution in [1.29, 1.82) is 0 Å². The van der Waals surface area contributed by atoms with Gasteiger partial charge in [0.05, 0.1) is 12.0 Å². The maximum absolute atomic E-state index is 12.9. The van der Waals surface area contributed by atoms with Gasteiger partial charge in [-0.25, -0.2) is 4.98 Å². The molecule has 5 heteroatoms. The average Bonchev–Trinajstić information content (AvgIpc) is 2.85. The Kier molecular flexibility index (Phi) is 4.81. The summed E-state index contributed by atoms with van der Waals surface area (Å²) in [6, 6.07) is 0. The number of rotatable bonds is 5. The van der Waals surface area contributed by atoms with Crippen molar-refractivity contribution in [2.24, 2.45) is 12.5 Å². The van der Waals surface area contributed by atoms with Gasteiger partial charge in [-0.2, -0.15) is 0 Å². The van der Waals surface area contributed by atoms with Crippen LogP contribution in [-0.4, -0.2) is 40.5 Å². The lowest BCUT2D eigenvalue weighted by atomic mass is 9.76. The molecule has 0 saturated carbocycles. The molecule has 0 radical (unpaired) electrons. The van der Waals surface area contributed by atoms with Crippen LogP contribution in [0.1, 0.15) is 38.4 Å². The van der Waals surface area contributed by atoms with E-state index in [1.807, 2.05) is 29.8 Å². The van der Waals surface area contributed by atoms with Crippen LogP contribution in [0.3, 0.4) is 0 Å². The molecule has 2 rings (SSSR count). The van der Waals surface area contributed by atoms with Crippen molar-refractivity contribution in [3.05, 3.63) is 18.2 Å². The molecule has 5 nitrogen and oxygen atoms in total. The second-order valence-electron chi connectivity index (χ2n) is 5.93. The number of amides is 1. The summed E-state index contributed by atoms with van der Waals surface area (Å²) in [5.41, 5.74) is -0.215. The largest absolute Gasteiger partial charge is 0.338 e. The Morgan fingerprint density at radius 3 is 2.95 bits per heavy atom. The van der Waals surface area contributed by atoms with E-state index in [0.29, 0.717) is 6.54 Å². The van der Waals surface area contributed by atoms with Gasteiger partial charge in [0.25, 0.3) is 0 Å². The minimum absolute atomic E-state index is 0.215. The molecule has 1 atom stereocenters. The van der Waals surface area contributed by atoms with Crippen LogP contribution in [0.2, 0.25) is 0 Å². The molecule has 1 aromatic rings. The van der Waals surface area contributed by atoms with Crippen molar-refractivity contribution in [3.8, 4) is 0 Å². The molecule has 1 unspecified atom stereocenters. The fraction of sp³-hybridized carbons (Fsp3) is 0.733. The third-order valence-electron chi connectivity index (χ3n) is 4.30. The Morgan fingerprint density at radius 1 is 1.60 bits per heavy atom. The molecule has 0 spiro atoms. The fourth-order valence-corrected chi connectivity index (χ4v) is 3.19. The van der Waals surface area contributed by atoms with Gasteiger partial charge in [-0.3, -0.25) is 4.79 Å².